The number of hydrogen-bond donors (Lipinski definition) is 0. The molecule has 0 saturated heterocycles. The van der Waals surface area contributed by atoms with Gasteiger partial charge in [0, 0.05) is 32.9 Å². The van der Waals surface area contributed by atoms with E-state index in [-0.39, 0.29) is 0 Å². The molecule has 0 unspecified atom stereocenters. The van der Waals surface area contributed by atoms with Gasteiger partial charge in [-0.3, -0.25) is 0 Å². The Balaban J connectivity index is 1.09. The monoisotopic (exact) mass is 853 g/mol. The molecule has 1 aromatic heterocycles. The lowest BCUT2D eigenvalue weighted by Gasteiger charge is -2.35. The van der Waals surface area contributed by atoms with Crippen LogP contribution in [-0.4, -0.2) is 0 Å². The fourth-order valence-electron chi connectivity index (χ4n) is 11.0. The van der Waals surface area contributed by atoms with Crippen LogP contribution in [0.15, 0.2) is 265 Å². The van der Waals surface area contributed by atoms with E-state index in [4.69, 9.17) is 4.42 Å². The van der Waals surface area contributed by atoms with Gasteiger partial charge in [0.05, 0.1) is 11.1 Å². The van der Waals surface area contributed by atoms with Crippen molar-refractivity contribution >= 4 is 49.8 Å². The molecular weight excluding hydrogens is 811 g/mol. The van der Waals surface area contributed by atoms with Crippen LogP contribution in [-0.2, 0) is 5.41 Å². The van der Waals surface area contributed by atoms with Crippen molar-refractivity contribution in [2.45, 2.75) is 5.41 Å². The zero-order chi connectivity index (χ0) is 44.3. The number of rotatable bonds is 8. The van der Waals surface area contributed by atoms with Crippen LogP contribution in [0, 0.1) is 0 Å². The Morgan fingerprint density at radius 1 is 0.313 bits per heavy atom. The Kier molecular flexibility index (Phi) is 9.11. The van der Waals surface area contributed by atoms with E-state index in [9.17, 15) is 0 Å². The van der Waals surface area contributed by atoms with Gasteiger partial charge in [-0.2, -0.15) is 0 Å². The zero-order valence-electron chi connectivity index (χ0n) is 36.7. The first kappa shape index (κ1) is 38.7. The third-order valence-corrected chi connectivity index (χ3v) is 13.9. The molecule has 11 aromatic carbocycles. The van der Waals surface area contributed by atoms with Gasteiger partial charge in [0.2, 0.25) is 0 Å². The summed E-state index contributed by atoms with van der Waals surface area (Å²) in [5.74, 6) is 0. The fourth-order valence-corrected chi connectivity index (χ4v) is 11.0. The average Bonchev–Trinajstić information content (AvgIpc) is 3.94. The summed E-state index contributed by atoms with van der Waals surface area (Å²) < 4.78 is 6.96. The standard InChI is InChI=1S/C65H43NO/c1-5-19-44(20-6-1)46-35-37-51(38-36-46)66(52-39-40-55-54-29-15-16-33-59(54)65(60(55)42-52,49-25-9-3-10-26-49)50-27-11-4-12-28-50)61-43-58-63-53(48-24-17-23-47(41-48)45-21-7-2-8-22-45)32-18-34-62(63)67-64(58)57-31-14-13-30-56(57)61/h1-43H. The van der Waals surface area contributed by atoms with Gasteiger partial charge in [-0.25, -0.2) is 0 Å². The fraction of sp³-hybridized carbons (Fsp3) is 0.0154. The second kappa shape index (κ2) is 15.8. The molecule has 1 aliphatic carbocycles. The minimum atomic E-state index is -0.552. The minimum Gasteiger partial charge on any atom is -0.455 e. The maximum atomic E-state index is 6.96. The first-order chi connectivity index (χ1) is 33.2. The molecule has 1 aliphatic rings. The van der Waals surface area contributed by atoms with Crippen molar-refractivity contribution in [3.8, 4) is 44.5 Å². The molecule has 13 rings (SSSR count). The third-order valence-electron chi connectivity index (χ3n) is 13.9. The van der Waals surface area contributed by atoms with E-state index in [0.29, 0.717) is 0 Å². The molecule has 12 aromatic rings. The Labute approximate surface area is 390 Å². The van der Waals surface area contributed by atoms with Crippen LogP contribution in [0.4, 0.5) is 17.1 Å². The highest BCUT2D eigenvalue weighted by Crippen LogP contribution is 2.58. The van der Waals surface area contributed by atoms with Crippen molar-refractivity contribution < 1.29 is 4.42 Å². The molecule has 0 radical (unpaired) electrons. The van der Waals surface area contributed by atoms with E-state index in [0.717, 1.165) is 60.9 Å². The Morgan fingerprint density at radius 2 is 0.836 bits per heavy atom. The Morgan fingerprint density at radius 3 is 1.55 bits per heavy atom. The summed E-state index contributed by atoms with van der Waals surface area (Å²) in [6, 6.07) is 95.0. The van der Waals surface area contributed by atoms with Gasteiger partial charge >= 0.3 is 0 Å². The maximum absolute atomic E-state index is 6.96. The Bertz CT molecular complexity index is 3740. The van der Waals surface area contributed by atoms with Crippen molar-refractivity contribution in [1.29, 1.82) is 0 Å². The normalized spacial score (nSPS) is 12.6. The quantitative estimate of drug-likeness (QED) is 0.151. The van der Waals surface area contributed by atoms with Crippen LogP contribution in [0.5, 0.6) is 0 Å². The van der Waals surface area contributed by atoms with Gasteiger partial charge < -0.3 is 9.32 Å². The van der Waals surface area contributed by atoms with E-state index in [2.05, 4.69) is 266 Å². The topological polar surface area (TPSA) is 16.4 Å². The van der Waals surface area contributed by atoms with Crippen LogP contribution in [0.3, 0.4) is 0 Å². The van der Waals surface area contributed by atoms with Crippen LogP contribution in [0.1, 0.15) is 22.3 Å². The van der Waals surface area contributed by atoms with E-state index in [1.807, 2.05) is 0 Å². The van der Waals surface area contributed by atoms with Crippen LogP contribution < -0.4 is 4.90 Å². The summed E-state index contributed by atoms with van der Waals surface area (Å²) in [4.78, 5) is 2.47. The van der Waals surface area contributed by atoms with Crippen LogP contribution >= 0.6 is 0 Å². The van der Waals surface area contributed by atoms with Crippen molar-refractivity contribution in [2.75, 3.05) is 4.90 Å². The number of benzene rings is 11. The van der Waals surface area contributed by atoms with Gasteiger partial charge in [0.25, 0.3) is 0 Å². The average molecular weight is 854 g/mol. The SMILES string of the molecule is c1ccc(-c2ccc(N(c3ccc4c(c3)C(c3ccccc3)(c3ccccc3)c3ccccc3-4)c3cc4c(oc5cccc(-c6cccc(-c7ccccc7)c6)c54)c4ccccc34)cc2)cc1. The predicted molar refractivity (Wildman–Crippen MR) is 280 cm³/mol. The molecule has 0 aliphatic heterocycles. The summed E-state index contributed by atoms with van der Waals surface area (Å²) in [6.07, 6.45) is 0. The van der Waals surface area contributed by atoms with Gasteiger partial charge in [0.15, 0.2) is 0 Å². The number of hydrogen-bond acceptors (Lipinski definition) is 2. The first-order valence-corrected chi connectivity index (χ1v) is 23.1. The highest BCUT2D eigenvalue weighted by molar-refractivity contribution is 6.22. The first-order valence-electron chi connectivity index (χ1n) is 23.1. The lowest BCUT2D eigenvalue weighted by atomic mass is 9.67. The molecule has 2 heteroatoms. The number of fused-ring (bicyclic) bond motifs is 8. The van der Waals surface area contributed by atoms with Crippen molar-refractivity contribution in [2.24, 2.45) is 0 Å². The molecule has 0 saturated carbocycles. The second-order valence-corrected chi connectivity index (χ2v) is 17.6. The molecule has 0 N–H and O–H groups in total. The molecule has 0 bridgehead atoms. The summed E-state index contributed by atoms with van der Waals surface area (Å²) >= 11 is 0. The van der Waals surface area contributed by atoms with E-state index in [1.165, 1.54) is 55.6 Å². The summed E-state index contributed by atoms with van der Waals surface area (Å²) in [5.41, 5.74) is 19.0. The lowest BCUT2D eigenvalue weighted by molar-refractivity contribution is 0.673. The number of nitrogens with zero attached hydrogens (tertiary/aromatic N) is 1. The van der Waals surface area contributed by atoms with Crippen LogP contribution in [0.25, 0.3) is 77.2 Å². The molecule has 0 atom stereocenters. The molecule has 0 fully saturated rings. The highest BCUT2D eigenvalue weighted by Gasteiger charge is 2.46. The summed E-state index contributed by atoms with van der Waals surface area (Å²) in [7, 11) is 0. The van der Waals surface area contributed by atoms with Gasteiger partial charge in [-0.15, -0.1) is 0 Å². The van der Waals surface area contributed by atoms with Gasteiger partial charge in [-0.05, 0) is 109 Å². The smallest absolute Gasteiger partial charge is 0.143 e. The number of furan rings is 1. The van der Waals surface area contributed by atoms with E-state index < -0.39 is 5.41 Å². The summed E-state index contributed by atoms with van der Waals surface area (Å²) in [6.45, 7) is 0. The highest BCUT2D eigenvalue weighted by atomic mass is 16.3. The summed E-state index contributed by atoms with van der Waals surface area (Å²) in [5, 5.41) is 4.35. The van der Waals surface area contributed by atoms with Crippen molar-refractivity contribution in [1.82, 2.24) is 0 Å². The Hall–Kier alpha value is -8.72. The molecule has 0 spiro atoms. The maximum Gasteiger partial charge on any atom is 0.143 e. The third kappa shape index (κ3) is 6.18. The van der Waals surface area contributed by atoms with Crippen molar-refractivity contribution in [3.05, 3.63) is 283 Å². The van der Waals surface area contributed by atoms with E-state index in [1.54, 1.807) is 0 Å². The van der Waals surface area contributed by atoms with Crippen molar-refractivity contribution in [3.63, 3.8) is 0 Å². The molecule has 1 heterocycles. The second-order valence-electron chi connectivity index (χ2n) is 17.6. The number of anilines is 3. The molecule has 67 heavy (non-hydrogen) atoms. The zero-order valence-corrected chi connectivity index (χ0v) is 36.7. The van der Waals surface area contributed by atoms with Gasteiger partial charge in [0.1, 0.15) is 11.2 Å². The largest absolute Gasteiger partial charge is 0.455 e. The lowest BCUT2D eigenvalue weighted by Crippen LogP contribution is -2.28. The molecule has 2 nitrogen and oxygen atoms in total. The van der Waals surface area contributed by atoms with E-state index >= 15 is 0 Å². The minimum absolute atomic E-state index is 0.552. The predicted octanol–water partition coefficient (Wildman–Crippen LogP) is 17.6. The van der Waals surface area contributed by atoms with Gasteiger partial charge in [-0.1, -0.05) is 218 Å². The molecule has 314 valence electrons. The van der Waals surface area contributed by atoms with Crippen LogP contribution in [0.2, 0.25) is 0 Å². The molecule has 0 amide bonds. The molecular formula is C65H43NO.